The number of anilines is 1. The molecule has 0 radical (unpaired) electrons. The van der Waals surface area contributed by atoms with Crippen LogP contribution in [0.3, 0.4) is 0 Å². The van der Waals surface area contributed by atoms with Crippen LogP contribution in [0.1, 0.15) is 34.1 Å². The zero-order valence-corrected chi connectivity index (χ0v) is 15.2. The summed E-state index contributed by atoms with van der Waals surface area (Å²) in [5.74, 6) is -0.171. The van der Waals surface area contributed by atoms with E-state index in [1.807, 2.05) is 6.92 Å². The van der Waals surface area contributed by atoms with Gasteiger partial charge in [0.1, 0.15) is 6.29 Å². The third kappa shape index (κ3) is 5.85. The van der Waals surface area contributed by atoms with E-state index in [1.54, 1.807) is 30.3 Å². The number of hydrogen-bond acceptors (Lipinski definition) is 6. The number of benzene rings is 2. The Hall–Kier alpha value is -3.35. The van der Waals surface area contributed by atoms with Crippen LogP contribution in [-0.4, -0.2) is 38.5 Å². The molecule has 0 aromatic heterocycles. The molecule has 0 aliphatic heterocycles. The SMILES string of the molecule is CCCOC(=O)c1cccc(NC(=O)COc2cc(C=O)ccc2OC)c1. The van der Waals surface area contributed by atoms with E-state index < -0.39 is 11.9 Å². The van der Waals surface area contributed by atoms with Crippen LogP contribution in [0, 0.1) is 0 Å². The van der Waals surface area contributed by atoms with Gasteiger partial charge in [-0.2, -0.15) is 0 Å². The summed E-state index contributed by atoms with van der Waals surface area (Å²) in [6, 6.07) is 11.1. The number of aldehydes is 1. The molecule has 2 aromatic carbocycles. The Kier molecular flexibility index (Phi) is 7.37. The van der Waals surface area contributed by atoms with Crippen LogP contribution >= 0.6 is 0 Å². The Morgan fingerprint density at radius 1 is 1.11 bits per heavy atom. The Balaban J connectivity index is 1.98. The van der Waals surface area contributed by atoms with Crippen LogP contribution in [0.2, 0.25) is 0 Å². The van der Waals surface area contributed by atoms with Gasteiger partial charge in [-0.15, -0.1) is 0 Å². The number of rotatable bonds is 9. The first-order valence-corrected chi connectivity index (χ1v) is 8.40. The Morgan fingerprint density at radius 3 is 2.63 bits per heavy atom. The van der Waals surface area contributed by atoms with Gasteiger partial charge in [0.25, 0.3) is 5.91 Å². The summed E-state index contributed by atoms with van der Waals surface area (Å²) in [5.41, 5.74) is 1.20. The van der Waals surface area contributed by atoms with Crippen molar-refractivity contribution in [1.29, 1.82) is 0 Å². The van der Waals surface area contributed by atoms with E-state index in [4.69, 9.17) is 14.2 Å². The summed E-state index contributed by atoms with van der Waals surface area (Å²) in [6.07, 6.45) is 1.41. The molecular formula is C20H21NO6. The zero-order chi connectivity index (χ0) is 19.6. The fourth-order valence-corrected chi connectivity index (χ4v) is 2.22. The van der Waals surface area contributed by atoms with E-state index in [0.717, 1.165) is 6.42 Å². The van der Waals surface area contributed by atoms with Crippen molar-refractivity contribution in [2.45, 2.75) is 13.3 Å². The third-order valence-corrected chi connectivity index (χ3v) is 3.50. The summed E-state index contributed by atoms with van der Waals surface area (Å²) >= 11 is 0. The Morgan fingerprint density at radius 2 is 1.93 bits per heavy atom. The van der Waals surface area contributed by atoms with Crippen molar-refractivity contribution in [2.24, 2.45) is 0 Å². The molecule has 0 saturated carbocycles. The molecular weight excluding hydrogens is 350 g/mol. The fraction of sp³-hybridized carbons (Fsp3) is 0.250. The van der Waals surface area contributed by atoms with Crippen LogP contribution in [0.25, 0.3) is 0 Å². The van der Waals surface area contributed by atoms with E-state index in [1.165, 1.54) is 19.2 Å². The van der Waals surface area contributed by atoms with Gasteiger partial charge in [0.15, 0.2) is 18.1 Å². The number of carbonyl (C=O) groups is 3. The van der Waals surface area contributed by atoms with Crippen molar-refractivity contribution < 1.29 is 28.6 Å². The van der Waals surface area contributed by atoms with Crippen LogP contribution in [0.15, 0.2) is 42.5 Å². The predicted molar refractivity (Wildman–Crippen MR) is 99.5 cm³/mol. The quantitative estimate of drug-likeness (QED) is 0.538. The van der Waals surface area contributed by atoms with E-state index in [-0.39, 0.29) is 12.4 Å². The van der Waals surface area contributed by atoms with Gasteiger partial charge in [-0.05, 0) is 42.8 Å². The normalized spacial score (nSPS) is 10.0. The van der Waals surface area contributed by atoms with Crippen molar-refractivity contribution >= 4 is 23.9 Å². The molecule has 0 aliphatic rings. The first-order valence-electron chi connectivity index (χ1n) is 8.40. The van der Waals surface area contributed by atoms with E-state index >= 15 is 0 Å². The lowest BCUT2D eigenvalue weighted by atomic mass is 10.2. The maximum Gasteiger partial charge on any atom is 0.338 e. The number of methoxy groups -OCH3 is 1. The summed E-state index contributed by atoms with van der Waals surface area (Å²) in [6.45, 7) is 1.96. The number of esters is 1. The third-order valence-electron chi connectivity index (χ3n) is 3.50. The Bertz CT molecular complexity index is 818. The van der Waals surface area contributed by atoms with E-state index in [9.17, 15) is 14.4 Å². The number of carbonyl (C=O) groups excluding carboxylic acids is 3. The smallest absolute Gasteiger partial charge is 0.338 e. The summed E-state index contributed by atoms with van der Waals surface area (Å²) in [5, 5.41) is 2.65. The lowest BCUT2D eigenvalue weighted by Gasteiger charge is -2.11. The number of hydrogen-bond donors (Lipinski definition) is 1. The number of nitrogens with one attached hydrogen (secondary N) is 1. The van der Waals surface area contributed by atoms with Crippen LogP contribution in [0.5, 0.6) is 11.5 Å². The second kappa shape index (κ2) is 9.96. The van der Waals surface area contributed by atoms with Gasteiger partial charge < -0.3 is 19.5 Å². The van der Waals surface area contributed by atoms with Gasteiger partial charge in [-0.25, -0.2) is 4.79 Å². The molecule has 27 heavy (non-hydrogen) atoms. The van der Waals surface area contributed by atoms with Gasteiger partial charge in [-0.1, -0.05) is 13.0 Å². The highest BCUT2D eigenvalue weighted by Crippen LogP contribution is 2.27. The molecule has 0 saturated heterocycles. The van der Waals surface area contributed by atoms with Crippen LogP contribution in [-0.2, 0) is 9.53 Å². The summed E-state index contributed by atoms with van der Waals surface area (Å²) < 4.78 is 15.7. The lowest BCUT2D eigenvalue weighted by molar-refractivity contribution is -0.118. The van der Waals surface area contributed by atoms with Gasteiger partial charge in [0, 0.05) is 11.3 Å². The van der Waals surface area contributed by atoms with Gasteiger partial charge >= 0.3 is 5.97 Å². The minimum Gasteiger partial charge on any atom is -0.493 e. The molecule has 0 atom stereocenters. The predicted octanol–water partition coefficient (Wildman–Crippen LogP) is 3.09. The molecule has 0 fully saturated rings. The molecule has 142 valence electrons. The largest absolute Gasteiger partial charge is 0.493 e. The highest BCUT2D eigenvalue weighted by molar-refractivity contribution is 5.95. The molecule has 0 unspecified atom stereocenters. The van der Waals surface area contributed by atoms with Crippen molar-refractivity contribution in [3.63, 3.8) is 0 Å². The second-order valence-electron chi connectivity index (χ2n) is 5.58. The van der Waals surface area contributed by atoms with E-state index in [2.05, 4.69) is 5.32 Å². The first-order chi connectivity index (χ1) is 13.1. The molecule has 1 N–H and O–H groups in total. The Labute approximate surface area is 157 Å². The maximum atomic E-state index is 12.1. The minimum absolute atomic E-state index is 0.286. The highest BCUT2D eigenvalue weighted by Gasteiger charge is 2.11. The molecule has 2 aromatic rings. The molecule has 0 bridgehead atoms. The van der Waals surface area contributed by atoms with Crippen molar-refractivity contribution in [1.82, 2.24) is 0 Å². The summed E-state index contributed by atoms with van der Waals surface area (Å²) in [4.78, 5) is 34.9. The van der Waals surface area contributed by atoms with E-state index in [0.29, 0.717) is 35.5 Å². The second-order valence-corrected chi connectivity index (χ2v) is 5.58. The van der Waals surface area contributed by atoms with Crippen molar-refractivity contribution in [2.75, 3.05) is 25.6 Å². The lowest BCUT2D eigenvalue weighted by Crippen LogP contribution is -2.20. The molecule has 0 aliphatic carbocycles. The molecule has 7 nitrogen and oxygen atoms in total. The monoisotopic (exact) mass is 371 g/mol. The number of ether oxygens (including phenoxy) is 3. The molecule has 2 rings (SSSR count). The maximum absolute atomic E-state index is 12.1. The average molecular weight is 371 g/mol. The van der Waals surface area contributed by atoms with Crippen molar-refractivity contribution in [3.8, 4) is 11.5 Å². The highest BCUT2D eigenvalue weighted by atomic mass is 16.5. The standard InChI is InChI=1S/C20H21NO6/c1-3-9-26-20(24)15-5-4-6-16(11-15)21-19(23)13-27-18-10-14(12-22)7-8-17(18)25-2/h4-8,10-12H,3,9,13H2,1-2H3,(H,21,23). The minimum atomic E-state index is -0.445. The summed E-state index contributed by atoms with van der Waals surface area (Å²) in [7, 11) is 1.46. The van der Waals surface area contributed by atoms with Crippen LogP contribution in [0.4, 0.5) is 5.69 Å². The molecule has 0 heterocycles. The van der Waals surface area contributed by atoms with Gasteiger partial charge in [0.2, 0.25) is 0 Å². The first kappa shape index (κ1) is 20.0. The fourth-order valence-electron chi connectivity index (χ4n) is 2.22. The zero-order valence-electron chi connectivity index (χ0n) is 15.2. The van der Waals surface area contributed by atoms with Crippen molar-refractivity contribution in [3.05, 3.63) is 53.6 Å². The molecule has 7 heteroatoms. The number of amides is 1. The molecule has 1 amide bonds. The molecule has 0 spiro atoms. The van der Waals surface area contributed by atoms with Gasteiger partial charge in [0.05, 0.1) is 19.3 Å². The topological polar surface area (TPSA) is 90.9 Å². The van der Waals surface area contributed by atoms with Crippen LogP contribution < -0.4 is 14.8 Å². The average Bonchev–Trinajstić information content (AvgIpc) is 2.70. The van der Waals surface area contributed by atoms with Gasteiger partial charge in [-0.3, -0.25) is 9.59 Å².